The van der Waals surface area contributed by atoms with Crippen LogP contribution in [0.1, 0.15) is 48.5 Å². The minimum atomic E-state index is -1.75. The third-order valence-corrected chi connectivity index (χ3v) is 5.21. The van der Waals surface area contributed by atoms with Gasteiger partial charge in [0.25, 0.3) is 0 Å². The van der Waals surface area contributed by atoms with Crippen molar-refractivity contribution in [3.63, 3.8) is 0 Å². The number of esters is 5. The van der Waals surface area contributed by atoms with E-state index in [0.717, 1.165) is 53.3 Å². The van der Waals surface area contributed by atoms with Gasteiger partial charge in [-0.1, -0.05) is 11.8 Å². The highest BCUT2D eigenvalue weighted by Gasteiger charge is 2.51. The normalized spacial score (nSPS) is 17.5. The fourth-order valence-electron chi connectivity index (χ4n) is 3.08. The number of hydroxylamine groups is 1. The first-order valence-electron chi connectivity index (χ1n) is 10.9. The molecule has 0 unspecified atom stereocenters. The lowest BCUT2D eigenvalue weighted by molar-refractivity contribution is -0.222. The summed E-state index contributed by atoms with van der Waals surface area (Å²) in [5.74, 6) is -5.81. The second kappa shape index (κ2) is 14.7. The van der Waals surface area contributed by atoms with Crippen molar-refractivity contribution in [1.29, 1.82) is 0 Å². The van der Waals surface area contributed by atoms with Crippen molar-refractivity contribution in [2.75, 3.05) is 6.61 Å². The highest BCUT2D eigenvalue weighted by molar-refractivity contribution is 8.14. The molecular weight excluding hydrogens is 534 g/mol. The van der Waals surface area contributed by atoms with E-state index >= 15 is 0 Å². The van der Waals surface area contributed by atoms with E-state index in [1.54, 1.807) is 0 Å². The Morgan fingerprint density at radius 2 is 1.29 bits per heavy atom. The van der Waals surface area contributed by atoms with Crippen molar-refractivity contribution in [3.8, 4) is 0 Å². The summed E-state index contributed by atoms with van der Waals surface area (Å²) in [6, 6.07) is 0. The number of thioether (sulfide) groups is 1. The molecule has 0 fully saturated rings. The molecular formula is C21H29N3O13S. The van der Waals surface area contributed by atoms with Gasteiger partial charge < -0.3 is 33.8 Å². The van der Waals surface area contributed by atoms with Gasteiger partial charge in [0.05, 0.1) is 0 Å². The number of hydrazone groups is 1. The number of hydrogen-bond acceptors (Lipinski definition) is 16. The van der Waals surface area contributed by atoms with Crippen LogP contribution in [0.4, 0.5) is 0 Å². The summed E-state index contributed by atoms with van der Waals surface area (Å²) in [5.41, 5.74) is 0. The van der Waals surface area contributed by atoms with Crippen molar-refractivity contribution >= 4 is 58.7 Å². The van der Waals surface area contributed by atoms with Gasteiger partial charge >= 0.3 is 35.8 Å². The number of carbonyl (C=O) groups excluding carboxylic acids is 7. The molecule has 0 bridgehead atoms. The van der Waals surface area contributed by atoms with Gasteiger partial charge in [-0.3, -0.25) is 28.8 Å². The third-order valence-electron chi connectivity index (χ3n) is 4.11. The summed E-state index contributed by atoms with van der Waals surface area (Å²) < 4.78 is 26.2. The summed E-state index contributed by atoms with van der Waals surface area (Å²) >= 11 is 0.739. The first-order chi connectivity index (χ1) is 17.6. The summed E-state index contributed by atoms with van der Waals surface area (Å²) in [6.07, 6.45) is -6.65. The molecule has 5 atom stereocenters. The van der Waals surface area contributed by atoms with Crippen LogP contribution in [-0.2, 0) is 62.1 Å². The maximum atomic E-state index is 12.1. The molecule has 1 heterocycles. The van der Waals surface area contributed by atoms with Crippen LogP contribution in [0.3, 0.4) is 0 Å². The Kier molecular flexibility index (Phi) is 12.5. The number of carbonyl (C=O) groups is 7. The number of amides is 1. The molecule has 0 radical (unpaired) electrons. The molecule has 16 nitrogen and oxygen atoms in total. The lowest BCUT2D eigenvalue weighted by Gasteiger charge is -2.37. The molecule has 1 aliphatic heterocycles. The summed E-state index contributed by atoms with van der Waals surface area (Å²) in [5, 5.41) is 5.64. The first-order valence-corrected chi connectivity index (χ1v) is 11.8. The smallest absolute Gasteiger partial charge is 0.331 e. The number of hydrogen-bond donors (Lipinski definition) is 1. The van der Waals surface area contributed by atoms with Crippen molar-refractivity contribution in [3.05, 3.63) is 0 Å². The van der Waals surface area contributed by atoms with Crippen LogP contribution in [0.5, 0.6) is 0 Å². The molecule has 0 aliphatic carbocycles. The number of amidine groups is 1. The highest BCUT2D eigenvalue weighted by atomic mass is 32.2. The number of nitrogens with zero attached hydrogens (tertiary/aromatic N) is 2. The topological polar surface area (TPSA) is 202 Å². The van der Waals surface area contributed by atoms with E-state index in [1.165, 1.54) is 6.92 Å². The Labute approximate surface area is 221 Å². The van der Waals surface area contributed by atoms with Crippen LogP contribution < -0.4 is 5.32 Å². The predicted molar refractivity (Wildman–Crippen MR) is 125 cm³/mol. The largest absolute Gasteiger partial charge is 0.462 e. The molecule has 212 valence electrons. The first kappa shape index (κ1) is 32.1. The van der Waals surface area contributed by atoms with Gasteiger partial charge in [-0.05, 0) is 0 Å². The maximum Gasteiger partial charge on any atom is 0.331 e. The molecule has 0 aromatic heterocycles. The molecule has 1 N–H and O–H groups in total. The minimum Gasteiger partial charge on any atom is -0.462 e. The zero-order valence-corrected chi connectivity index (χ0v) is 22.5. The quantitative estimate of drug-likeness (QED) is 0.249. The number of nitrogens with one attached hydrogen (secondary N) is 1. The molecule has 0 aromatic rings. The van der Waals surface area contributed by atoms with Crippen LogP contribution in [0.25, 0.3) is 0 Å². The van der Waals surface area contributed by atoms with Crippen LogP contribution in [0, 0.1) is 0 Å². The second-order valence-corrected chi connectivity index (χ2v) is 8.76. The van der Waals surface area contributed by atoms with Crippen LogP contribution in [0.15, 0.2) is 5.10 Å². The maximum absolute atomic E-state index is 12.1. The third kappa shape index (κ3) is 11.0. The van der Waals surface area contributed by atoms with Crippen LogP contribution in [-0.4, -0.2) is 88.5 Å². The van der Waals surface area contributed by atoms with E-state index in [4.69, 9.17) is 28.5 Å². The van der Waals surface area contributed by atoms with Crippen molar-refractivity contribution < 1.29 is 62.1 Å². The van der Waals surface area contributed by atoms with E-state index in [0.29, 0.717) is 5.17 Å². The van der Waals surface area contributed by atoms with Gasteiger partial charge in [0, 0.05) is 48.5 Å². The van der Waals surface area contributed by atoms with Gasteiger partial charge in [0.2, 0.25) is 5.91 Å². The van der Waals surface area contributed by atoms with Gasteiger partial charge in [-0.2, -0.15) is 0 Å². The van der Waals surface area contributed by atoms with Gasteiger partial charge in [-0.15, -0.1) is 10.3 Å². The van der Waals surface area contributed by atoms with E-state index in [1.807, 2.05) is 0 Å². The zero-order chi connectivity index (χ0) is 29.2. The predicted octanol–water partition coefficient (Wildman–Crippen LogP) is -0.464. The Balaban J connectivity index is 3.68. The monoisotopic (exact) mass is 563 g/mol. The van der Waals surface area contributed by atoms with Gasteiger partial charge in [0.1, 0.15) is 6.61 Å². The molecule has 0 saturated carbocycles. The molecule has 1 rings (SSSR count). The fourth-order valence-corrected chi connectivity index (χ4v) is 4.16. The average molecular weight is 564 g/mol. The average Bonchev–Trinajstić information content (AvgIpc) is 3.11. The number of ether oxygens (including phenoxy) is 5. The molecule has 0 saturated heterocycles. The van der Waals surface area contributed by atoms with Crippen molar-refractivity contribution in [2.45, 2.75) is 78.3 Å². The zero-order valence-electron chi connectivity index (χ0n) is 21.7. The van der Waals surface area contributed by atoms with E-state index < -0.39 is 78.1 Å². The minimum absolute atomic E-state index is 0.0806. The Morgan fingerprint density at radius 1 is 0.763 bits per heavy atom. The highest BCUT2D eigenvalue weighted by Crippen LogP contribution is 2.34. The molecule has 17 heteroatoms. The Bertz CT molecular complexity index is 985. The lowest BCUT2D eigenvalue weighted by atomic mass is 10.0. The lowest BCUT2D eigenvalue weighted by Crippen LogP contribution is -2.57. The number of rotatable bonds is 11. The summed E-state index contributed by atoms with van der Waals surface area (Å²) in [7, 11) is 0. The van der Waals surface area contributed by atoms with Crippen LogP contribution >= 0.6 is 11.8 Å². The Morgan fingerprint density at radius 3 is 1.74 bits per heavy atom. The molecule has 1 amide bonds. The molecule has 1 aliphatic rings. The van der Waals surface area contributed by atoms with E-state index in [-0.39, 0.29) is 5.17 Å². The van der Waals surface area contributed by atoms with Crippen molar-refractivity contribution in [2.24, 2.45) is 5.10 Å². The molecule has 38 heavy (non-hydrogen) atoms. The summed E-state index contributed by atoms with van der Waals surface area (Å²) in [4.78, 5) is 88.0. The Hall–Kier alpha value is -3.89. The van der Waals surface area contributed by atoms with E-state index in [9.17, 15) is 33.6 Å². The second-order valence-electron chi connectivity index (χ2n) is 7.65. The standard InChI is InChI=1S/C21H29N3O13S/c1-9(25)22-21-23-24(37-15(7)31)20(38-21)19(36-14(6)30)18(35-13(5)29)17(34-12(4)28)16(33-11(3)27)8-32-10(2)26/h16-20H,8H2,1-7H3,(H,22,23,25)/t16-,17-,18+,19+,20-/m1/s1. The fraction of sp³-hybridized carbons (Fsp3) is 0.619. The van der Waals surface area contributed by atoms with Gasteiger partial charge in [-0.25, -0.2) is 4.79 Å². The van der Waals surface area contributed by atoms with Crippen molar-refractivity contribution in [1.82, 2.24) is 10.5 Å². The summed E-state index contributed by atoms with van der Waals surface area (Å²) in [6.45, 7) is 6.72. The molecule has 0 aromatic carbocycles. The molecule has 0 spiro atoms. The van der Waals surface area contributed by atoms with E-state index in [2.05, 4.69) is 10.4 Å². The SMILES string of the molecule is CC(=O)NC1=NN(OC(C)=O)[C@@H]([C@@H](OC(C)=O)[C@@H](OC(C)=O)[C@H](OC(C)=O)[C@@H](COC(C)=O)OC(C)=O)S1. The van der Waals surface area contributed by atoms with Gasteiger partial charge in [0.15, 0.2) is 35.0 Å². The van der Waals surface area contributed by atoms with Crippen LogP contribution in [0.2, 0.25) is 0 Å².